The molecule has 4 heteroatoms. The summed E-state index contributed by atoms with van der Waals surface area (Å²) < 4.78 is 0. The molecule has 1 fully saturated rings. The minimum absolute atomic E-state index is 0.739. The van der Waals surface area contributed by atoms with E-state index in [-0.39, 0.29) is 0 Å². The zero-order valence-corrected chi connectivity index (χ0v) is 10.3. The number of nitrogens with zero attached hydrogens (tertiary/aromatic N) is 2. The molecule has 0 aromatic carbocycles. The van der Waals surface area contributed by atoms with Gasteiger partial charge in [-0.2, -0.15) is 0 Å². The Morgan fingerprint density at radius 2 is 2.40 bits per heavy atom. The van der Waals surface area contributed by atoms with Crippen molar-refractivity contribution < 1.29 is 0 Å². The molecule has 0 amide bonds. The summed E-state index contributed by atoms with van der Waals surface area (Å²) in [4.78, 5) is 8.14. The Kier molecular flexibility index (Phi) is 3.59. The van der Waals surface area contributed by atoms with Crippen molar-refractivity contribution in [3.8, 4) is 0 Å². The van der Waals surface area contributed by atoms with Gasteiger partial charge in [0.15, 0.2) is 5.13 Å². The molecular formula is C11H19N3S. The minimum atomic E-state index is 0.739. The highest BCUT2D eigenvalue weighted by atomic mass is 32.1. The lowest BCUT2D eigenvalue weighted by Gasteiger charge is -2.34. The third kappa shape index (κ3) is 2.49. The summed E-state index contributed by atoms with van der Waals surface area (Å²) in [6, 6.07) is 0.739. The van der Waals surface area contributed by atoms with Crippen molar-refractivity contribution in [3.63, 3.8) is 0 Å². The number of rotatable bonds is 5. The molecule has 1 aromatic rings. The summed E-state index contributed by atoms with van der Waals surface area (Å²) in [5.41, 5.74) is 0. The lowest BCUT2D eigenvalue weighted by Crippen LogP contribution is -2.36. The van der Waals surface area contributed by atoms with Crippen molar-refractivity contribution in [2.75, 3.05) is 18.5 Å². The lowest BCUT2D eigenvalue weighted by molar-refractivity contribution is 0.401. The van der Waals surface area contributed by atoms with E-state index in [2.05, 4.69) is 29.2 Å². The second kappa shape index (κ2) is 4.94. The minimum Gasteiger partial charge on any atom is -0.348 e. The van der Waals surface area contributed by atoms with Gasteiger partial charge in [0.25, 0.3) is 0 Å². The average Bonchev–Trinajstić information content (AvgIpc) is 2.60. The lowest BCUT2D eigenvalue weighted by atomic mass is 9.92. The van der Waals surface area contributed by atoms with Gasteiger partial charge >= 0.3 is 0 Å². The van der Waals surface area contributed by atoms with Crippen molar-refractivity contribution in [3.05, 3.63) is 11.1 Å². The van der Waals surface area contributed by atoms with Gasteiger partial charge < -0.3 is 10.2 Å². The predicted octanol–water partition coefficient (Wildman–Crippen LogP) is 2.24. The summed E-state index contributed by atoms with van der Waals surface area (Å²) in [6.07, 6.45) is 6.04. The number of thiazole rings is 1. The fourth-order valence-corrected chi connectivity index (χ4v) is 2.63. The Balaban J connectivity index is 1.93. The molecule has 1 aromatic heterocycles. The number of aromatic nitrogens is 1. The van der Waals surface area contributed by atoms with Crippen molar-refractivity contribution in [2.24, 2.45) is 0 Å². The molecular weight excluding hydrogens is 206 g/mol. The van der Waals surface area contributed by atoms with E-state index >= 15 is 0 Å². The Morgan fingerprint density at radius 3 is 3.00 bits per heavy atom. The maximum absolute atomic E-state index is 4.48. The Labute approximate surface area is 95.5 Å². The number of hydrogen-bond donors (Lipinski definition) is 1. The van der Waals surface area contributed by atoms with E-state index in [0.717, 1.165) is 19.1 Å². The van der Waals surface area contributed by atoms with Gasteiger partial charge in [-0.05, 0) is 25.8 Å². The third-order valence-electron chi connectivity index (χ3n) is 3.01. The molecule has 1 saturated carbocycles. The summed E-state index contributed by atoms with van der Waals surface area (Å²) >= 11 is 1.81. The number of hydrogen-bond acceptors (Lipinski definition) is 4. The summed E-state index contributed by atoms with van der Waals surface area (Å²) in [6.45, 7) is 4.10. The van der Waals surface area contributed by atoms with Crippen LogP contribution in [0.4, 0.5) is 5.13 Å². The largest absolute Gasteiger partial charge is 0.348 e. The molecule has 0 spiro atoms. The molecule has 1 aliphatic rings. The second-order valence-corrected chi connectivity index (χ2v) is 5.18. The van der Waals surface area contributed by atoms with Crippen LogP contribution in [0.15, 0.2) is 6.20 Å². The second-order valence-electron chi connectivity index (χ2n) is 4.09. The zero-order valence-electron chi connectivity index (χ0n) is 9.49. The van der Waals surface area contributed by atoms with Crippen LogP contribution in [-0.2, 0) is 6.54 Å². The van der Waals surface area contributed by atoms with Crippen LogP contribution in [0.3, 0.4) is 0 Å². The van der Waals surface area contributed by atoms with E-state index in [1.165, 1.54) is 29.3 Å². The van der Waals surface area contributed by atoms with Gasteiger partial charge in [0.05, 0.1) is 0 Å². The first-order valence-corrected chi connectivity index (χ1v) is 6.51. The van der Waals surface area contributed by atoms with Gasteiger partial charge in [-0.3, -0.25) is 0 Å². The van der Waals surface area contributed by atoms with E-state index in [0.29, 0.717) is 0 Å². The van der Waals surface area contributed by atoms with Crippen LogP contribution in [-0.4, -0.2) is 24.6 Å². The third-order valence-corrected chi connectivity index (χ3v) is 4.10. The monoisotopic (exact) mass is 225 g/mol. The number of anilines is 1. The predicted molar refractivity (Wildman–Crippen MR) is 65.5 cm³/mol. The highest BCUT2D eigenvalue weighted by molar-refractivity contribution is 7.15. The highest BCUT2D eigenvalue weighted by Crippen LogP contribution is 2.30. The molecule has 2 rings (SSSR count). The molecule has 0 saturated heterocycles. The molecule has 84 valence electrons. The van der Waals surface area contributed by atoms with Crippen molar-refractivity contribution in [1.29, 1.82) is 0 Å². The van der Waals surface area contributed by atoms with Crippen LogP contribution in [0.2, 0.25) is 0 Å². The molecule has 15 heavy (non-hydrogen) atoms. The fraction of sp³-hybridized carbons (Fsp3) is 0.727. The summed E-state index contributed by atoms with van der Waals surface area (Å²) in [5.74, 6) is 0. The van der Waals surface area contributed by atoms with E-state index in [4.69, 9.17) is 0 Å². The quantitative estimate of drug-likeness (QED) is 0.833. The number of nitrogens with one attached hydrogen (secondary N) is 1. The van der Waals surface area contributed by atoms with Crippen molar-refractivity contribution in [1.82, 2.24) is 10.3 Å². The first-order valence-electron chi connectivity index (χ1n) is 5.69. The summed E-state index contributed by atoms with van der Waals surface area (Å²) in [5, 5.41) is 4.50. The van der Waals surface area contributed by atoms with E-state index < -0.39 is 0 Å². The van der Waals surface area contributed by atoms with E-state index in [1.54, 1.807) is 0 Å². The molecule has 1 aliphatic carbocycles. The Bertz CT molecular complexity index is 307. The van der Waals surface area contributed by atoms with Crippen molar-refractivity contribution >= 4 is 16.5 Å². The molecule has 0 radical (unpaired) electrons. The molecule has 3 nitrogen and oxygen atoms in total. The first-order chi connectivity index (χ1) is 7.31. The Hall–Kier alpha value is -0.610. The van der Waals surface area contributed by atoms with Crippen molar-refractivity contribution in [2.45, 2.75) is 38.8 Å². The first kappa shape index (κ1) is 10.9. The van der Waals surface area contributed by atoms with Crippen LogP contribution in [0.1, 0.15) is 31.1 Å². The van der Waals surface area contributed by atoms with E-state index in [1.807, 2.05) is 17.5 Å². The van der Waals surface area contributed by atoms with Gasteiger partial charge in [0.2, 0.25) is 0 Å². The van der Waals surface area contributed by atoms with Crippen LogP contribution >= 0.6 is 11.3 Å². The zero-order chi connectivity index (χ0) is 10.7. The molecule has 1 heterocycles. The van der Waals surface area contributed by atoms with Gasteiger partial charge in [-0.15, -0.1) is 11.3 Å². The van der Waals surface area contributed by atoms with Crippen LogP contribution < -0.4 is 10.2 Å². The molecule has 0 aliphatic heterocycles. The van der Waals surface area contributed by atoms with E-state index in [9.17, 15) is 0 Å². The maximum atomic E-state index is 4.48. The fourth-order valence-electron chi connectivity index (χ4n) is 1.72. The summed E-state index contributed by atoms with van der Waals surface area (Å²) in [7, 11) is 2.17. The smallest absolute Gasteiger partial charge is 0.185 e. The van der Waals surface area contributed by atoms with Crippen LogP contribution in [0.5, 0.6) is 0 Å². The van der Waals surface area contributed by atoms with Crippen LogP contribution in [0, 0.1) is 0 Å². The van der Waals surface area contributed by atoms with Gasteiger partial charge in [-0.25, -0.2) is 4.98 Å². The SMILES string of the molecule is CCNCc1cnc(N(C)C2CCC2)s1. The molecule has 0 atom stereocenters. The molecule has 1 N–H and O–H groups in total. The maximum Gasteiger partial charge on any atom is 0.185 e. The van der Waals surface area contributed by atoms with Gasteiger partial charge in [0, 0.05) is 30.7 Å². The van der Waals surface area contributed by atoms with Crippen LogP contribution in [0.25, 0.3) is 0 Å². The van der Waals surface area contributed by atoms with Gasteiger partial charge in [0.1, 0.15) is 0 Å². The normalized spacial score (nSPS) is 16.4. The van der Waals surface area contributed by atoms with Gasteiger partial charge in [-0.1, -0.05) is 6.92 Å². The standard InChI is InChI=1S/C11H19N3S/c1-3-12-7-10-8-13-11(15-10)14(2)9-5-4-6-9/h8-9,12H,3-7H2,1-2H3. The Morgan fingerprint density at radius 1 is 1.60 bits per heavy atom. The molecule has 0 bridgehead atoms. The highest BCUT2D eigenvalue weighted by Gasteiger charge is 2.23. The molecule has 0 unspecified atom stereocenters. The topological polar surface area (TPSA) is 28.2 Å². The average molecular weight is 225 g/mol.